The van der Waals surface area contributed by atoms with Crippen LogP contribution in [0.15, 0.2) is 121 Å². The van der Waals surface area contributed by atoms with Crippen molar-refractivity contribution >= 4 is 46.3 Å². The molecule has 7 N–H and O–H groups in total. The lowest BCUT2D eigenvalue weighted by atomic mass is 10.1. The Morgan fingerprint density at radius 2 is 1.47 bits per heavy atom. The van der Waals surface area contributed by atoms with Crippen LogP contribution in [0.25, 0.3) is 22.3 Å². The maximum Gasteiger partial charge on any atom is 0.246 e. The molecule has 4 aliphatic rings. The molecule has 2 saturated carbocycles. The van der Waals surface area contributed by atoms with Crippen LogP contribution >= 0.6 is 0 Å². The number of nitrogens with zero attached hydrogens (tertiary/aromatic N) is 9. The average Bonchev–Trinajstić information content (AvgIpc) is 4.02. The molecule has 2 aromatic carbocycles. The molecular formula is C43H50N14O2. The van der Waals surface area contributed by atoms with Gasteiger partial charge in [-0.1, -0.05) is 63.9 Å². The second-order valence-corrected chi connectivity index (χ2v) is 14.5. The fraction of sp³-hybridized carbons (Fsp3) is 0.279. The zero-order chi connectivity index (χ0) is 41.3. The Hall–Kier alpha value is -7.23. The first kappa shape index (κ1) is 40.0. The first-order valence-electron chi connectivity index (χ1n) is 19.9. The van der Waals surface area contributed by atoms with E-state index in [9.17, 15) is 9.59 Å². The monoisotopic (exact) mass is 794 g/mol. The highest BCUT2D eigenvalue weighted by Gasteiger charge is 2.25. The van der Waals surface area contributed by atoms with Gasteiger partial charge in [-0.15, -0.1) is 5.10 Å². The molecule has 4 aromatic heterocycles. The van der Waals surface area contributed by atoms with Crippen LogP contribution in [0.1, 0.15) is 63.5 Å². The molecular weight excluding hydrogens is 745 g/mol. The van der Waals surface area contributed by atoms with Crippen LogP contribution < -0.4 is 27.5 Å². The second-order valence-electron chi connectivity index (χ2n) is 14.5. The number of benzene rings is 2. The van der Waals surface area contributed by atoms with Crippen molar-refractivity contribution in [2.24, 2.45) is 16.6 Å². The number of hydrogen-bond donors (Lipinski definition) is 5. The summed E-state index contributed by atoms with van der Waals surface area (Å²) in [4.78, 5) is 32.9. The number of amides is 2. The predicted molar refractivity (Wildman–Crippen MR) is 230 cm³/mol. The van der Waals surface area contributed by atoms with E-state index in [-0.39, 0.29) is 37.0 Å². The normalized spacial score (nSPS) is 16.1. The molecule has 16 nitrogen and oxygen atoms in total. The molecule has 0 bridgehead atoms. The SMILES string of the molecule is CC.CC1CC1.NC1=NC2C=C(c3cnn(CC(=O)Nc4cccc(C5CC5)c4)c3)C=CN2N1.Nc1nc2cc(-c3cnn(CC(=O)Nc4ccccc4)c3)ccn2n1. The highest BCUT2D eigenvalue weighted by molar-refractivity contribution is 5.91. The molecule has 0 radical (unpaired) electrons. The van der Waals surface area contributed by atoms with Crippen molar-refractivity contribution in [2.45, 2.75) is 71.6 Å². The first-order chi connectivity index (χ1) is 28.7. The van der Waals surface area contributed by atoms with Crippen LogP contribution in [-0.2, 0) is 22.7 Å². The number of nitrogens with two attached hydrogens (primary N) is 2. The first-order valence-corrected chi connectivity index (χ1v) is 19.9. The van der Waals surface area contributed by atoms with Gasteiger partial charge in [-0.05, 0) is 89.9 Å². The number of carbonyl (C=O) groups is 2. The highest BCUT2D eigenvalue weighted by Crippen LogP contribution is 2.40. The van der Waals surface area contributed by atoms with Gasteiger partial charge < -0.3 is 22.1 Å². The zero-order valence-electron chi connectivity index (χ0n) is 33.4. The molecule has 2 aliphatic carbocycles. The Bertz CT molecular complexity index is 2470. The fourth-order valence-electron chi connectivity index (χ4n) is 6.19. The van der Waals surface area contributed by atoms with E-state index in [1.807, 2.05) is 104 Å². The third kappa shape index (κ3) is 11.0. The summed E-state index contributed by atoms with van der Waals surface area (Å²) < 4.78 is 4.84. The van der Waals surface area contributed by atoms with Gasteiger partial charge in [0.2, 0.25) is 23.7 Å². The van der Waals surface area contributed by atoms with E-state index in [1.54, 1.807) is 32.5 Å². The number of aromatic nitrogens is 7. The summed E-state index contributed by atoms with van der Waals surface area (Å²) >= 11 is 0. The zero-order valence-corrected chi connectivity index (χ0v) is 33.4. The molecule has 59 heavy (non-hydrogen) atoms. The van der Waals surface area contributed by atoms with E-state index in [2.05, 4.69) is 60.4 Å². The summed E-state index contributed by atoms with van der Waals surface area (Å²) in [5.41, 5.74) is 21.5. The number of fused-ring (bicyclic) bond motifs is 2. The maximum absolute atomic E-state index is 12.4. The quantitative estimate of drug-likeness (QED) is 0.115. The molecule has 1 unspecified atom stereocenters. The largest absolute Gasteiger partial charge is 0.368 e. The molecule has 1 atom stereocenters. The number of nitrogens with one attached hydrogen (secondary N) is 3. The van der Waals surface area contributed by atoms with Crippen molar-refractivity contribution in [1.29, 1.82) is 0 Å². The number of anilines is 3. The van der Waals surface area contributed by atoms with Gasteiger partial charge in [0.15, 0.2) is 11.8 Å². The van der Waals surface area contributed by atoms with Crippen LogP contribution in [0.5, 0.6) is 0 Å². The van der Waals surface area contributed by atoms with Gasteiger partial charge in [-0.3, -0.25) is 29.4 Å². The highest BCUT2D eigenvalue weighted by atomic mass is 16.2. The Balaban J connectivity index is 0.000000158. The fourth-order valence-corrected chi connectivity index (χ4v) is 6.19. The Kier molecular flexibility index (Phi) is 12.4. The Morgan fingerprint density at radius 3 is 2.17 bits per heavy atom. The number of para-hydroxylation sites is 1. The molecule has 2 aliphatic heterocycles. The molecule has 6 aromatic rings. The van der Waals surface area contributed by atoms with Crippen LogP contribution in [0, 0.1) is 5.92 Å². The topological polar surface area (TPSA) is 204 Å². The Labute approximate surface area is 342 Å². The third-order valence-electron chi connectivity index (χ3n) is 9.58. The van der Waals surface area contributed by atoms with Gasteiger partial charge in [-0.25, -0.2) is 9.51 Å². The number of hydrogen-bond acceptors (Lipinski definition) is 11. The molecule has 2 amide bonds. The molecule has 304 valence electrons. The van der Waals surface area contributed by atoms with E-state index in [4.69, 9.17) is 11.5 Å². The molecule has 0 saturated heterocycles. The van der Waals surface area contributed by atoms with Crippen LogP contribution in [0.2, 0.25) is 0 Å². The number of rotatable bonds is 9. The van der Waals surface area contributed by atoms with Gasteiger partial charge in [0.1, 0.15) is 13.1 Å². The number of hydrazine groups is 1. The van der Waals surface area contributed by atoms with Crippen molar-refractivity contribution in [1.82, 2.24) is 44.6 Å². The minimum atomic E-state index is -0.162. The smallest absolute Gasteiger partial charge is 0.246 e. The van der Waals surface area contributed by atoms with Crippen molar-refractivity contribution in [3.8, 4) is 11.1 Å². The molecule has 10 rings (SSSR count). The lowest BCUT2D eigenvalue weighted by Crippen LogP contribution is -2.39. The standard InChI is InChI=1S/C20H21N7O.C17H15N7O.C4H8.C2H6/c21-20-24-18-9-15(6-7-27(18)25-20)16-10-22-26(11-16)12-19(28)23-17-3-1-2-14(8-17)13-4-5-13;18-17-21-15-8-12(6-7-24(15)22-17)13-9-19-23(10-13)11-16(25)20-14-4-2-1-3-5-14;1-4-2-3-4;1-2/h1-3,6-11,13,18H,4-5,12H2,(H,23,28)(H3,21,24,25);1-10H,11H2,(H2,18,22)(H,20,25);4H,2-3H2,1H3;1-2H3. The number of allylic oxidation sites excluding steroid dienone is 2. The minimum absolute atomic E-state index is 0.0979. The number of pyridine rings is 1. The lowest BCUT2D eigenvalue weighted by molar-refractivity contribution is -0.117. The number of guanidine groups is 1. The summed E-state index contributed by atoms with van der Waals surface area (Å²) in [7, 11) is 0. The maximum atomic E-state index is 12.4. The summed E-state index contributed by atoms with van der Waals surface area (Å²) in [6, 6.07) is 21.2. The van der Waals surface area contributed by atoms with Crippen LogP contribution in [-0.4, -0.2) is 63.1 Å². The predicted octanol–water partition coefficient (Wildman–Crippen LogP) is 6.03. The van der Waals surface area contributed by atoms with Crippen molar-refractivity contribution in [2.75, 3.05) is 16.4 Å². The minimum Gasteiger partial charge on any atom is -0.368 e. The van der Waals surface area contributed by atoms with Gasteiger partial charge in [-0.2, -0.15) is 15.2 Å². The van der Waals surface area contributed by atoms with Gasteiger partial charge in [0.05, 0.1) is 12.4 Å². The molecule has 0 spiro atoms. The van der Waals surface area contributed by atoms with Crippen LogP contribution in [0.3, 0.4) is 0 Å². The third-order valence-corrected chi connectivity index (χ3v) is 9.58. The molecule has 16 heteroatoms. The number of carbonyl (C=O) groups excluding carboxylic acids is 2. The van der Waals surface area contributed by atoms with E-state index < -0.39 is 0 Å². The van der Waals surface area contributed by atoms with Crippen molar-refractivity contribution in [3.05, 3.63) is 127 Å². The lowest BCUT2D eigenvalue weighted by Gasteiger charge is -2.22. The summed E-state index contributed by atoms with van der Waals surface area (Å²) in [6.45, 7) is 6.57. The van der Waals surface area contributed by atoms with Crippen molar-refractivity contribution in [3.63, 3.8) is 0 Å². The molecule has 2 fully saturated rings. The van der Waals surface area contributed by atoms with Gasteiger partial charge >= 0.3 is 0 Å². The van der Waals surface area contributed by atoms with E-state index in [0.717, 1.165) is 39.6 Å². The second kappa shape index (κ2) is 18.4. The van der Waals surface area contributed by atoms with Crippen LogP contribution in [0.4, 0.5) is 17.3 Å². The van der Waals surface area contributed by atoms with E-state index in [0.29, 0.717) is 17.5 Å². The van der Waals surface area contributed by atoms with E-state index in [1.165, 1.54) is 31.2 Å². The summed E-state index contributed by atoms with van der Waals surface area (Å²) in [5, 5.41) is 20.2. The number of aliphatic imine (C=N–C) groups is 1. The van der Waals surface area contributed by atoms with Gasteiger partial charge in [0, 0.05) is 47.3 Å². The summed E-state index contributed by atoms with van der Waals surface area (Å²) in [5.74, 6) is 2.13. The van der Waals surface area contributed by atoms with E-state index >= 15 is 0 Å². The van der Waals surface area contributed by atoms with Gasteiger partial charge in [0.25, 0.3) is 0 Å². The summed E-state index contributed by atoms with van der Waals surface area (Å²) in [6.07, 6.45) is 20.1. The Morgan fingerprint density at radius 1 is 0.814 bits per heavy atom. The molecule has 6 heterocycles. The average molecular weight is 795 g/mol. The number of nitrogen functional groups attached to an aromatic ring is 1. The van der Waals surface area contributed by atoms with Crippen molar-refractivity contribution < 1.29 is 9.59 Å².